The molecular weight excluding hydrogens is 230 g/mol. The van der Waals surface area contributed by atoms with Crippen LogP contribution in [0.1, 0.15) is 17.5 Å². The van der Waals surface area contributed by atoms with E-state index in [1.165, 1.54) is 11.1 Å². The molecule has 88 valence electrons. The maximum Gasteiger partial charge on any atom is 0.187 e. The van der Waals surface area contributed by atoms with Crippen LogP contribution >= 0.6 is 12.2 Å². The minimum Gasteiger partial charge on any atom is -0.358 e. The standard InChI is InChI=1S/C13H15N3S/c1-2-9-14-13(17)16-15-12-8-7-10-5-3-4-6-11(10)12/h2-6H,1,7-9H2,(H2,14,16,17)/b15-12-. The van der Waals surface area contributed by atoms with Gasteiger partial charge in [0.1, 0.15) is 0 Å². The van der Waals surface area contributed by atoms with E-state index in [1.54, 1.807) is 6.08 Å². The van der Waals surface area contributed by atoms with E-state index in [9.17, 15) is 0 Å². The van der Waals surface area contributed by atoms with E-state index in [0.717, 1.165) is 18.6 Å². The first-order valence-corrected chi connectivity index (χ1v) is 6.01. The third-order valence-electron chi connectivity index (χ3n) is 2.66. The van der Waals surface area contributed by atoms with Gasteiger partial charge in [-0.2, -0.15) is 5.10 Å². The maximum absolute atomic E-state index is 5.08. The van der Waals surface area contributed by atoms with Crippen molar-refractivity contribution in [2.24, 2.45) is 5.10 Å². The van der Waals surface area contributed by atoms with Crippen molar-refractivity contribution < 1.29 is 0 Å². The van der Waals surface area contributed by atoms with E-state index in [1.807, 2.05) is 6.07 Å². The van der Waals surface area contributed by atoms with Crippen LogP contribution in [0.15, 0.2) is 42.0 Å². The lowest BCUT2D eigenvalue weighted by Crippen LogP contribution is -2.32. The zero-order valence-electron chi connectivity index (χ0n) is 9.57. The number of hydrazone groups is 1. The second-order valence-electron chi connectivity index (χ2n) is 3.83. The molecule has 4 heteroatoms. The van der Waals surface area contributed by atoms with Gasteiger partial charge in [0.05, 0.1) is 5.71 Å². The highest BCUT2D eigenvalue weighted by molar-refractivity contribution is 7.80. The summed E-state index contributed by atoms with van der Waals surface area (Å²) in [5, 5.41) is 7.85. The van der Waals surface area contributed by atoms with E-state index in [-0.39, 0.29) is 0 Å². The van der Waals surface area contributed by atoms with Crippen LogP contribution in [0.4, 0.5) is 0 Å². The Morgan fingerprint density at radius 1 is 1.41 bits per heavy atom. The molecule has 0 amide bonds. The van der Waals surface area contributed by atoms with E-state index < -0.39 is 0 Å². The van der Waals surface area contributed by atoms with Crippen molar-refractivity contribution in [1.82, 2.24) is 10.7 Å². The largest absolute Gasteiger partial charge is 0.358 e. The second-order valence-corrected chi connectivity index (χ2v) is 4.23. The predicted molar refractivity (Wildman–Crippen MR) is 75.2 cm³/mol. The number of fused-ring (bicyclic) bond motifs is 1. The Hall–Kier alpha value is -1.68. The summed E-state index contributed by atoms with van der Waals surface area (Å²) in [5.41, 5.74) is 6.52. The number of hydrogen-bond donors (Lipinski definition) is 2. The smallest absolute Gasteiger partial charge is 0.187 e. The number of hydrogen-bond acceptors (Lipinski definition) is 2. The van der Waals surface area contributed by atoms with E-state index in [0.29, 0.717) is 11.7 Å². The normalized spacial score (nSPS) is 15.4. The summed E-state index contributed by atoms with van der Waals surface area (Å²) < 4.78 is 0. The van der Waals surface area contributed by atoms with Crippen molar-refractivity contribution in [3.8, 4) is 0 Å². The summed E-state index contributed by atoms with van der Waals surface area (Å²) in [6.45, 7) is 4.26. The molecule has 1 aromatic carbocycles. The highest BCUT2D eigenvalue weighted by Gasteiger charge is 2.16. The molecule has 0 spiro atoms. The molecule has 17 heavy (non-hydrogen) atoms. The lowest BCUT2D eigenvalue weighted by molar-refractivity contribution is 0.930. The summed E-state index contributed by atoms with van der Waals surface area (Å²) in [6.07, 6.45) is 3.78. The molecule has 3 nitrogen and oxygen atoms in total. The van der Waals surface area contributed by atoms with Gasteiger partial charge >= 0.3 is 0 Å². The number of benzene rings is 1. The minimum atomic E-state index is 0.529. The molecule has 1 aliphatic carbocycles. The molecule has 0 aliphatic heterocycles. The maximum atomic E-state index is 5.08. The monoisotopic (exact) mass is 245 g/mol. The van der Waals surface area contributed by atoms with Crippen molar-refractivity contribution in [2.75, 3.05) is 6.54 Å². The van der Waals surface area contributed by atoms with E-state index >= 15 is 0 Å². The van der Waals surface area contributed by atoms with Gasteiger partial charge < -0.3 is 5.32 Å². The second kappa shape index (κ2) is 5.59. The Morgan fingerprint density at radius 3 is 3.06 bits per heavy atom. The van der Waals surface area contributed by atoms with Crippen molar-refractivity contribution in [1.29, 1.82) is 0 Å². The molecule has 0 saturated heterocycles. The van der Waals surface area contributed by atoms with E-state index in [4.69, 9.17) is 12.2 Å². The molecule has 0 bridgehead atoms. The topological polar surface area (TPSA) is 36.4 Å². The summed E-state index contributed by atoms with van der Waals surface area (Å²) in [5.74, 6) is 0. The molecule has 0 aromatic heterocycles. The molecule has 1 aliphatic rings. The number of rotatable bonds is 3. The fourth-order valence-corrected chi connectivity index (χ4v) is 1.98. The molecule has 0 heterocycles. The predicted octanol–water partition coefficient (Wildman–Crippen LogP) is 1.99. The molecule has 2 N–H and O–H groups in total. The first-order valence-electron chi connectivity index (χ1n) is 5.61. The molecule has 0 saturated carbocycles. The van der Waals surface area contributed by atoms with Crippen LogP contribution in [0, 0.1) is 0 Å². The van der Waals surface area contributed by atoms with Gasteiger partial charge in [-0.05, 0) is 30.6 Å². The Morgan fingerprint density at radius 2 is 2.24 bits per heavy atom. The van der Waals surface area contributed by atoms with Crippen molar-refractivity contribution in [2.45, 2.75) is 12.8 Å². The van der Waals surface area contributed by atoms with Crippen molar-refractivity contribution in [3.05, 3.63) is 48.0 Å². The van der Waals surface area contributed by atoms with Crippen LogP contribution in [0.3, 0.4) is 0 Å². The summed E-state index contributed by atoms with van der Waals surface area (Å²) in [7, 11) is 0. The van der Waals surface area contributed by atoms with Gasteiger partial charge in [0.2, 0.25) is 0 Å². The van der Waals surface area contributed by atoms with Crippen LogP contribution in [-0.2, 0) is 6.42 Å². The molecule has 0 radical (unpaired) electrons. The Kier molecular flexibility index (Phi) is 3.88. The molecule has 0 fully saturated rings. The Bertz CT molecular complexity index is 465. The van der Waals surface area contributed by atoms with Crippen LogP contribution in [0.25, 0.3) is 0 Å². The van der Waals surface area contributed by atoms with Gasteiger partial charge in [0.25, 0.3) is 0 Å². The molecule has 2 rings (SSSR count). The quantitative estimate of drug-likeness (QED) is 0.486. The summed E-state index contributed by atoms with van der Waals surface area (Å²) in [6, 6.07) is 8.34. The molecule has 0 unspecified atom stereocenters. The molecule has 0 atom stereocenters. The van der Waals surface area contributed by atoms with Gasteiger partial charge in [-0.1, -0.05) is 30.3 Å². The van der Waals surface area contributed by atoms with Gasteiger partial charge in [-0.25, -0.2) is 0 Å². The number of thiocarbonyl (C=S) groups is 1. The third-order valence-corrected chi connectivity index (χ3v) is 2.89. The summed E-state index contributed by atoms with van der Waals surface area (Å²) >= 11 is 5.08. The fraction of sp³-hybridized carbons (Fsp3) is 0.231. The first kappa shape index (κ1) is 11.8. The zero-order chi connectivity index (χ0) is 12.1. The Balaban J connectivity index is 2.00. The van der Waals surface area contributed by atoms with Crippen LogP contribution in [-0.4, -0.2) is 17.4 Å². The lowest BCUT2D eigenvalue weighted by Gasteiger charge is -2.05. The van der Waals surface area contributed by atoms with E-state index in [2.05, 4.69) is 40.6 Å². The van der Waals surface area contributed by atoms with Crippen LogP contribution in [0.2, 0.25) is 0 Å². The molecule has 1 aromatic rings. The Labute approximate surface area is 107 Å². The fourth-order valence-electron chi connectivity index (χ4n) is 1.85. The first-order chi connectivity index (χ1) is 8.31. The average Bonchev–Trinajstić information content (AvgIpc) is 2.77. The van der Waals surface area contributed by atoms with Gasteiger partial charge in [-0.3, -0.25) is 5.43 Å². The highest BCUT2D eigenvalue weighted by atomic mass is 32.1. The SMILES string of the molecule is C=CCNC(=S)N/N=C1/CCc2ccccc21. The number of aryl methyl sites for hydroxylation is 1. The lowest BCUT2D eigenvalue weighted by atomic mass is 10.1. The highest BCUT2D eigenvalue weighted by Crippen LogP contribution is 2.21. The van der Waals surface area contributed by atoms with Crippen LogP contribution < -0.4 is 10.7 Å². The van der Waals surface area contributed by atoms with Crippen molar-refractivity contribution in [3.63, 3.8) is 0 Å². The van der Waals surface area contributed by atoms with Gasteiger partial charge in [0.15, 0.2) is 5.11 Å². The third kappa shape index (κ3) is 2.91. The summed E-state index contributed by atoms with van der Waals surface area (Å²) in [4.78, 5) is 0. The van der Waals surface area contributed by atoms with Gasteiger partial charge in [-0.15, -0.1) is 6.58 Å². The zero-order valence-corrected chi connectivity index (χ0v) is 10.4. The minimum absolute atomic E-state index is 0.529. The average molecular weight is 245 g/mol. The van der Waals surface area contributed by atoms with Gasteiger partial charge in [0, 0.05) is 12.1 Å². The number of nitrogens with zero attached hydrogens (tertiary/aromatic N) is 1. The molecular formula is C13H15N3S. The number of nitrogens with one attached hydrogen (secondary N) is 2. The van der Waals surface area contributed by atoms with Crippen molar-refractivity contribution >= 4 is 23.0 Å². The van der Waals surface area contributed by atoms with Crippen LogP contribution in [0.5, 0.6) is 0 Å².